The van der Waals surface area contributed by atoms with Gasteiger partial charge in [-0.2, -0.15) is 0 Å². The number of aryl methyl sites for hydroxylation is 1. The number of quaternary nitrogens is 1. The van der Waals surface area contributed by atoms with Gasteiger partial charge >= 0.3 is 0 Å². The van der Waals surface area contributed by atoms with Crippen LogP contribution in [0, 0.1) is 12.8 Å². The van der Waals surface area contributed by atoms with E-state index < -0.39 is 0 Å². The average Bonchev–Trinajstić information content (AvgIpc) is 2.66. The molecule has 6 heteroatoms. The molecule has 1 aromatic heterocycles. The van der Waals surface area contributed by atoms with Gasteiger partial charge in [0.2, 0.25) is 0 Å². The molecule has 0 radical (unpaired) electrons. The van der Waals surface area contributed by atoms with Gasteiger partial charge in [0.15, 0.2) is 5.11 Å². The Hall–Kier alpha value is -1.92. The first-order valence-corrected chi connectivity index (χ1v) is 10.7. The zero-order valence-corrected chi connectivity index (χ0v) is 18.7. The summed E-state index contributed by atoms with van der Waals surface area (Å²) >= 11 is 5.67. The largest absolute Gasteiger partial charge is 0.362 e. The predicted octanol–water partition coefficient (Wildman–Crippen LogP) is 2.09. The fourth-order valence-corrected chi connectivity index (χ4v) is 3.49. The van der Waals surface area contributed by atoms with Crippen LogP contribution in [0.2, 0.25) is 0 Å². The fourth-order valence-electron chi connectivity index (χ4n) is 3.25. The summed E-state index contributed by atoms with van der Waals surface area (Å²) in [6.45, 7) is 16.2. The van der Waals surface area contributed by atoms with E-state index in [-0.39, 0.29) is 5.56 Å². The molecule has 1 aromatic carbocycles. The lowest BCUT2D eigenvalue weighted by molar-refractivity contribution is -0.895. The summed E-state index contributed by atoms with van der Waals surface area (Å²) < 4.78 is 0. The van der Waals surface area contributed by atoms with Crippen molar-refractivity contribution in [3.05, 3.63) is 45.7 Å². The Balaban J connectivity index is 2.24. The van der Waals surface area contributed by atoms with Crippen molar-refractivity contribution in [3.8, 4) is 0 Å². The van der Waals surface area contributed by atoms with E-state index >= 15 is 0 Å². The van der Waals surface area contributed by atoms with Crippen molar-refractivity contribution in [2.75, 3.05) is 32.7 Å². The van der Waals surface area contributed by atoms with Gasteiger partial charge in [-0.1, -0.05) is 25.5 Å². The third kappa shape index (κ3) is 6.31. The second-order valence-electron chi connectivity index (χ2n) is 7.92. The van der Waals surface area contributed by atoms with Gasteiger partial charge in [0.1, 0.15) is 0 Å². The number of pyridine rings is 1. The summed E-state index contributed by atoms with van der Waals surface area (Å²) in [6, 6.07) is 8.09. The minimum absolute atomic E-state index is 0.0387. The molecule has 5 nitrogen and oxygen atoms in total. The van der Waals surface area contributed by atoms with Gasteiger partial charge in [-0.05, 0) is 62.5 Å². The average molecular weight is 404 g/mol. The molecule has 0 fully saturated rings. The molecule has 28 heavy (non-hydrogen) atoms. The maximum absolute atomic E-state index is 12.6. The van der Waals surface area contributed by atoms with Crippen LogP contribution in [-0.2, 0) is 6.54 Å². The van der Waals surface area contributed by atoms with Gasteiger partial charge in [-0.25, -0.2) is 0 Å². The number of benzene rings is 1. The van der Waals surface area contributed by atoms with Gasteiger partial charge in [0.25, 0.3) is 5.56 Å². The number of H-pyrrole nitrogens is 1. The summed E-state index contributed by atoms with van der Waals surface area (Å²) in [5, 5.41) is 5.15. The van der Waals surface area contributed by atoms with Gasteiger partial charge in [-0.3, -0.25) is 4.79 Å². The van der Waals surface area contributed by atoms with Gasteiger partial charge in [-0.15, -0.1) is 0 Å². The number of thiocarbonyl (C=S) groups is 1. The first-order valence-electron chi connectivity index (χ1n) is 10.3. The molecule has 0 amide bonds. The molecule has 154 valence electrons. The van der Waals surface area contributed by atoms with Gasteiger partial charge < -0.3 is 20.1 Å². The molecule has 0 aliphatic carbocycles. The molecule has 0 saturated heterocycles. The van der Waals surface area contributed by atoms with E-state index in [1.165, 1.54) is 10.5 Å². The second-order valence-corrected chi connectivity index (χ2v) is 8.31. The van der Waals surface area contributed by atoms with Crippen LogP contribution in [0.5, 0.6) is 0 Å². The topological polar surface area (TPSA) is 52.6 Å². The Kier molecular flexibility index (Phi) is 8.45. The fraction of sp³-hybridized carbons (Fsp3) is 0.545. The Morgan fingerprint density at radius 2 is 1.96 bits per heavy atom. The molecule has 0 atom stereocenters. The summed E-state index contributed by atoms with van der Waals surface area (Å²) in [7, 11) is 0. The van der Waals surface area contributed by atoms with E-state index in [1.54, 1.807) is 0 Å². The van der Waals surface area contributed by atoms with Crippen LogP contribution in [0.1, 0.15) is 38.8 Å². The number of likely N-dealkylation sites (N-methyl/N-ethyl adjacent to an activating group) is 1. The SMILES string of the molecule is CC[NH+](CC)CCN(Cc1cc2cc(C)ccc2[nH]c1=O)C(=S)NCC(C)C. The van der Waals surface area contributed by atoms with Crippen LogP contribution >= 0.6 is 12.2 Å². The van der Waals surface area contributed by atoms with E-state index in [1.807, 2.05) is 18.2 Å². The Morgan fingerprint density at radius 3 is 2.61 bits per heavy atom. The second kappa shape index (κ2) is 10.6. The van der Waals surface area contributed by atoms with Crippen molar-refractivity contribution < 1.29 is 4.90 Å². The molecule has 0 spiro atoms. The van der Waals surface area contributed by atoms with Crippen molar-refractivity contribution in [2.24, 2.45) is 5.92 Å². The number of rotatable bonds is 9. The number of aromatic nitrogens is 1. The molecule has 2 rings (SSSR count). The van der Waals surface area contributed by atoms with Crippen LogP contribution in [-0.4, -0.2) is 47.7 Å². The third-order valence-corrected chi connectivity index (χ3v) is 5.52. The van der Waals surface area contributed by atoms with E-state index in [9.17, 15) is 4.79 Å². The number of hydrogen-bond donors (Lipinski definition) is 3. The van der Waals surface area contributed by atoms with Gasteiger partial charge in [0.05, 0.1) is 32.7 Å². The number of aromatic amines is 1. The molecule has 0 saturated carbocycles. The highest BCUT2D eigenvalue weighted by molar-refractivity contribution is 7.80. The minimum atomic E-state index is -0.0387. The quantitative estimate of drug-likeness (QED) is 0.561. The zero-order chi connectivity index (χ0) is 20.7. The number of hydrogen-bond acceptors (Lipinski definition) is 2. The molecular formula is C22H35N4OS+. The summed E-state index contributed by atoms with van der Waals surface area (Å²) in [6.07, 6.45) is 0. The Labute approximate surface area is 174 Å². The summed E-state index contributed by atoms with van der Waals surface area (Å²) in [5.74, 6) is 0.514. The van der Waals surface area contributed by atoms with Crippen LogP contribution in [0.3, 0.4) is 0 Å². The lowest BCUT2D eigenvalue weighted by Crippen LogP contribution is -3.12. The van der Waals surface area contributed by atoms with E-state index in [2.05, 4.69) is 55.9 Å². The summed E-state index contributed by atoms with van der Waals surface area (Å²) in [4.78, 5) is 19.3. The van der Waals surface area contributed by atoms with Crippen molar-refractivity contribution >= 4 is 28.2 Å². The number of fused-ring (bicyclic) bond motifs is 1. The summed E-state index contributed by atoms with van der Waals surface area (Å²) in [5.41, 5.74) is 2.77. The van der Waals surface area contributed by atoms with E-state index in [4.69, 9.17) is 12.2 Å². The first kappa shape index (κ1) is 22.4. The van der Waals surface area contributed by atoms with Crippen LogP contribution in [0.25, 0.3) is 10.9 Å². The van der Waals surface area contributed by atoms with Gasteiger partial charge in [0, 0.05) is 17.6 Å². The first-order chi connectivity index (χ1) is 13.3. The maximum atomic E-state index is 12.6. The molecule has 3 N–H and O–H groups in total. The molecule has 1 heterocycles. The van der Waals surface area contributed by atoms with E-state index in [0.717, 1.165) is 54.3 Å². The number of nitrogens with zero attached hydrogens (tertiary/aromatic N) is 1. The Morgan fingerprint density at radius 1 is 1.25 bits per heavy atom. The highest BCUT2D eigenvalue weighted by Crippen LogP contribution is 2.14. The highest BCUT2D eigenvalue weighted by Gasteiger charge is 2.16. The van der Waals surface area contributed by atoms with Crippen molar-refractivity contribution in [2.45, 2.75) is 41.2 Å². The van der Waals surface area contributed by atoms with Crippen LogP contribution in [0.15, 0.2) is 29.1 Å². The van der Waals surface area contributed by atoms with Crippen LogP contribution < -0.4 is 15.8 Å². The highest BCUT2D eigenvalue weighted by atomic mass is 32.1. The maximum Gasteiger partial charge on any atom is 0.253 e. The minimum Gasteiger partial charge on any atom is -0.362 e. The lowest BCUT2D eigenvalue weighted by Gasteiger charge is -2.28. The molecule has 0 unspecified atom stereocenters. The number of nitrogens with one attached hydrogen (secondary N) is 3. The molecule has 0 bridgehead atoms. The normalized spacial score (nSPS) is 11.4. The lowest BCUT2D eigenvalue weighted by atomic mass is 10.1. The third-order valence-electron chi connectivity index (χ3n) is 5.12. The predicted molar refractivity (Wildman–Crippen MR) is 122 cm³/mol. The standard InChI is InChI=1S/C22H34N4OS/c1-6-25(7-2)10-11-26(22(28)23-14-16(3)4)15-19-13-18-12-17(5)8-9-20(18)24-21(19)27/h8-9,12-13,16H,6-7,10-11,14-15H2,1-5H3,(H,23,28)(H,24,27)/p+1. The van der Waals surface area contributed by atoms with Crippen molar-refractivity contribution in [3.63, 3.8) is 0 Å². The van der Waals surface area contributed by atoms with E-state index in [0.29, 0.717) is 12.5 Å². The zero-order valence-electron chi connectivity index (χ0n) is 17.9. The molecule has 0 aliphatic rings. The van der Waals surface area contributed by atoms with Crippen LogP contribution in [0.4, 0.5) is 0 Å². The molecule has 2 aromatic rings. The molecule has 0 aliphatic heterocycles. The smallest absolute Gasteiger partial charge is 0.253 e. The van der Waals surface area contributed by atoms with Crippen molar-refractivity contribution in [1.82, 2.24) is 15.2 Å². The monoisotopic (exact) mass is 403 g/mol. The molecular weight excluding hydrogens is 368 g/mol. The van der Waals surface area contributed by atoms with Crippen molar-refractivity contribution in [1.29, 1.82) is 0 Å². The Bertz CT molecular complexity index is 842.